The van der Waals surface area contributed by atoms with Crippen molar-refractivity contribution in [2.45, 2.75) is 40.0 Å². The van der Waals surface area contributed by atoms with Crippen molar-refractivity contribution in [1.29, 1.82) is 0 Å². The minimum Gasteiger partial charge on any atom is -0.296 e. The first-order valence-electron chi connectivity index (χ1n) is 7.43. The minimum absolute atomic E-state index is 0.273. The van der Waals surface area contributed by atoms with Crippen LogP contribution in [0.15, 0.2) is 18.2 Å². The van der Waals surface area contributed by atoms with Crippen LogP contribution in [0.3, 0.4) is 0 Å². The number of hydrogen-bond acceptors (Lipinski definition) is 2. The molecule has 0 aliphatic carbocycles. The lowest BCUT2D eigenvalue weighted by molar-refractivity contribution is 0.0942. The van der Waals surface area contributed by atoms with Gasteiger partial charge in [0, 0.05) is 12.1 Å². The summed E-state index contributed by atoms with van der Waals surface area (Å²) >= 11 is 0. The van der Waals surface area contributed by atoms with Crippen LogP contribution in [-0.2, 0) is 0 Å². The number of likely N-dealkylation sites (tertiary alicyclic amines) is 1. The van der Waals surface area contributed by atoms with Gasteiger partial charge in [-0.2, -0.15) is 0 Å². The lowest BCUT2D eigenvalue weighted by atomic mass is 10.0. The second-order valence-corrected chi connectivity index (χ2v) is 5.92. The van der Waals surface area contributed by atoms with E-state index in [1.807, 2.05) is 19.1 Å². The molecule has 1 aliphatic rings. The lowest BCUT2D eigenvalue weighted by Crippen LogP contribution is -2.28. The van der Waals surface area contributed by atoms with Gasteiger partial charge in [-0.25, -0.2) is 0 Å². The SMILES string of the molecule is CCCC1CCN(CC(=O)c2ccc(C)cc2C)C1. The zero-order valence-corrected chi connectivity index (χ0v) is 12.4. The molecule has 0 aromatic heterocycles. The van der Waals surface area contributed by atoms with Gasteiger partial charge in [-0.05, 0) is 44.7 Å². The van der Waals surface area contributed by atoms with E-state index < -0.39 is 0 Å². The third kappa shape index (κ3) is 3.66. The number of hydrogen-bond donors (Lipinski definition) is 0. The first kappa shape index (κ1) is 14.3. The fourth-order valence-electron chi connectivity index (χ4n) is 3.12. The molecule has 2 nitrogen and oxygen atoms in total. The maximum atomic E-state index is 12.4. The van der Waals surface area contributed by atoms with E-state index in [1.165, 1.54) is 24.8 Å². The molecule has 19 heavy (non-hydrogen) atoms. The molecule has 0 amide bonds. The standard InChI is InChI=1S/C17H25NO/c1-4-5-15-8-9-18(11-15)12-17(19)16-7-6-13(2)10-14(16)3/h6-7,10,15H,4-5,8-9,11-12H2,1-3H3. The predicted octanol–water partition coefficient (Wildman–Crippen LogP) is 3.61. The van der Waals surface area contributed by atoms with Crippen LogP contribution in [0.2, 0.25) is 0 Å². The average molecular weight is 259 g/mol. The van der Waals surface area contributed by atoms with E-state index in [2.05, 4.69) is 24.8 Å². The van der Waals surface area contributed by atoms with Crippen LogP contribution in [0, 0.1) is 19.8 Å². The summed E-state index contributed by atoms with van der Waals surface area (Å²) in [4.78, 5) is 14.7. The molecule has 2 rings (SSSR count). The van der Waals surface area contributed by atoms with Crippen molar-refractivity contribution >= 4 is 5.78 Å². The highest BCUT2D eigenvalue weighted by molar-refractivity contribution is 5.99. The minimum atomic E-state index is 0.273. The Morgan fingerprint density at radius 3 is 2.84 bits per heavy atom. The van der Waals surface area contributed by atoms with E-state index in [9.17, 15) is 4.79 Å². The van der Waals surface area contributed by atoms with Crippen molar-refractivity contribution < 1.29 is 4.79 Å². The predicted molar refractivity (Wildman–Crippen MR) is 79.7 cm³/mol. The van der Waals surface area contributed by atoms with Gasteiger partial charge in [0.2, 0.25) is 0 Å². The highest BCUT2D eigenvalue weighted by Gasteiger charge is 2.23. The van der Waals surface area contributed by atoms with Gasteiger partial charge < -0.3 is 0 Å². The quantitative estimate of drug-likeness (QED) is 0.753. The van der Waals surface area contributed by atoms with Crippen LogP contribution < -0.4 is 0 Å². The van der Waals surface area contributed by atoms with Gasteiger partial charge in [-0.15, -0.1) is 0 Å². The molecule has 1 saturated heterocycles. The summed E-state index contributed by atoms with van der Waals surface area (Å²) in [5.41, 5.74) is 3.22. The molecule has 1 aromatic rings. The van der Waals surface area contributed by atoms with E-state index >= 15 is 0 Å². The molecule has 1 unspecified atom stereocenters. The molecule has 0 spiro atoms. The number of benzene rings is 1. The summed E-state index contributed by atoms with van der Waals surface area (Å²) < 4.78 is 0. The van der Waals surface area contributed by atoms with Gasteiger partial charge >= 0.3 is 0 Å². The van der Waals surface area contributed by atoms with Crippen LogP contribution in [-0.4, -0.2) is 30.3 Å². The second kappa shape index (κ2) is 6.33. The number of carbonyl (C=O) groups is 1. The van der Waals surface area contributed by atoms with Crippen molar-refractivity contribution in [3.8, 4) is 0 Å². The first-order chi connectivity index (χ1) is 9.10. The summed E-state index contributed by atoms with van der Waals surface area (Å²) in [7, 11) is 0. The topological polar surface area (TPSA) is 20.3 Å². The molecule has 2 heteroatoms. The molecular formula is C17H25NO. The molecular weight excluding hydrogens is 234 g/mol. The van der Waals surface area contributed by atoms with Gasteiger partial charge in [0.05, 0.1) is 6.54 Å². The van der Waals surface area contributed by atoms with Gasteiger partial charge in [0.1, 0.15) is 0 Å². The largest absolute Gasteiger partial charge is 0.296 e. The van der Waals surface area contributed by atoms with E-state index in [4.69, 9.17) is 0 Å². The summed E-state index contributed by atoms with van der Waals surface area (Å²) in [5, 5.41) is 0. The molecule has 1 aromatic carbocycles. The van der Waals surface area contributed by atoms with Gasteiger partial charge in [0.25, 0.3) is 0 Å². The second-order valence-electron chi connectivity index (χ2n) is 5.92. The molecule has 1 heterocycles. The lowest BCUT2D eigenvalue weighted by Gasteiger charge is -2.16. The van der Waals surface area contributed by atoms with Gasteiger partial charge in [-0.1, -0.05) is 37.1 Å². The normalized spacial score (nSPS) is 19.8. The maximum Gasteiger partial charge on any atom is 0.177 e. The Labute approximate surface area is 116 Å². The van der Waals surface area contributed by atoms with Crippen LogP contribution >= 0.6 is 0 Å². The Morgan fingerprint density at radius 2 is 2.16 bits per heavy atom. The average Bonchev–Trinajstić information content (AvgIpc) is 2.76. The molecule has 104 valence electrons. The maximum absolute atomic E-state index is 12.4. The molecule has 1 fully saturated rings. The number of aryl methyl sites for hydroxylation is 2. The Balaban J connectivity index is 1.94. The van der Waals surface area contributed by atoms with Gasteiger partial charge in [-0.3, -0.25) is 9.69 Å². The van der Waals surface area contributed by atoms with Gasteiger partial charge in [0.15, 0.2) is 5.78 Å². The summed E-state index contributed by atoms with van der Waals surface area (Å²) in [6, 6.07) is 6.10. The number of Topliss-reactive ketones (excluding diaryl/α,β-unsaturated/α-hetero) is 1. The summed E-state index contributed by atoms with van der Waals surface area (Å²) in [6.45, 7) is 9.11. The fourth-order valence-corrected chi connectivity index (χ4v) is 3.12. The molecule has 1 aliphatic heterocycles. The Morgan fingerprint density at radius 1 is 1.37 bits per heavy atom. The number of rotatable bonds is 5. The number of nitrogens with zero attached hydrogens (tertiary/aromatic N) is 1. The molecule has 0 saturated carbocycles. The van der Waals surface area contributed by atoms with E-state index in [1.54, 1.807) is 0 Å². The van der Waals surface area contributed by atoms with E-state index in [0.717, 1.165) is 30.1 Å². The van der Waals surface area contributed by atoms with Crippen molar-refractivity contribution in [2.75, 3.05) is 19.6 Å². The monoisotopic (exact) mass is 259 g/mol. The van der Waals surface area contributed by atoms with Crippen LogP contribution in [0.5, 0.6) is 0 Å². The zero-order valence-electron chi connectivity index (χ0n) is 12.4. The van der Waals surface area contributed by atoms with Crippen molar-refractivity contribution in [1.82, 2.24) is 4.90 Å². The fraction of sp³-hybridized carbons (Fsp3) is 0.588. The summed E-state index contributed by atoms with van der Waals surface area (Å²) in [5.74, 6) is 1.08. The Kier molecular flexibility index (Phi) is 4.76. The summed E-state index contributed by atoms with van der Waals surface area (Å²) in [6.07, 6.45) is 3.81. The van der Waals surface area contributed by atoms with Crippen molar-refractivity contribution in [2.24, 2.45) is 5.92 Å². The Bertz CT molecular complexity index is 453. The third-order valence-corrected chi connectivity index (χ3v) is 4.12. The highest BCUT2D eigenvalue weighted by atomic mass is 16.1. The van der Waals surface area contributed by atoms with Crippen LogP contribution in [0.25, 0.3) is 0 Å². The van der Waals surface area contributed by atoms with E-state index in [0.29, 0.717) is 6.54 Å². The third-order valence-electron chi connectivity index (χ3n) is 4.12. The van der Waals surface area contributed by atoms with E-state index in [-0.39, 0.29) is 5.78 Å². The Hall–Kier alpha value is -1.15. The van der Waals surface area contributed by atoms with Crippen LogP contribution in [0.4, 0.5) is 0 Å². The molecule has 0 bridgehead atoms. The zero-order chi connectivity index (χ0) is 13.8. The molecule has 0 N–H and O–H groups in total. The highest BCUT2D eigenvalue weighted by Crippen LogP contribution is 2.21. The molecule has 1 atom stereocenters. The number of ketones is 1. The van der Waals surface area contributed by atoms with Crippen molar-refractivity contribution in [3.63, 3.8) is 0 Å². The van der Waals surface area contributed by atoms with Crippen molar-refractivity contribution in [3.05, 3.63) is 34.9 Å². The first-order valence-corrected chi connectivity index (χ1v) is 7.43. The molecule has 0 radical (unpaired) electrons. The van der Waals surface area contributed by atoms with Crippen LogP contribution in [0.1, 0.15) is 47.7 Å². The number of carbonyl (C=O) groups excluding carboxylic acids is 1. The smallest absolute Gasteiger partial charge is 0.177 e.